The van der Waals surface area contributed by atoms with Crippen molar-refractivity contribution >= 4 is 5.95 Å². The van der Waals surface area contributed by atoms with Crippen molar-refractivity contribution < 1.29 is 0 Å². The van der Waals surface area contributed by atoms with Gasteiger partial charge in [0.15, 0.2) is 5.82 Å². The van der Waals surface area contributed by atoms with E-state index in [1.54, 1.807) is 10.9 Å². The van der Waals surface area contributed by atoms with Gasteiger partial charge in [0.05, 0.1) is 5.69 Å². The lowest BCUT2D eigenvalue weighted by molar-refractivity contribution is 0.755. The van der Waals surface area contributed by atoms with Crippen molar-refractivity contribution in [3.05, 3.63) is 30.2 Å². The van der Waals surface area contributed by atoms with Gasteiger partial charge in [-0.3, -0.25) is 0 Å². The van der Waals surface area contributed by atoms with E-state index >= 15 is 0 Å². The number of nitrogens with zero attached hydrogens (tertiary/aromatic N) is 4. The predicted molar refractivity (Wildman–Crippen MR) is 72.0 cm³/mol. The van der Waals surface area contributed by atoms with Crippen LogP contribution in [0.25, 0.3) is 5.82 Å². The Labute approximate surface area is 107 Å². The normalized spacial score (nSPS) is 10.9. The number of anilines is 1. The summed E-state index contributed by atoms with van der Waals surface area (Å²) < 4.78 is 1.79. The highest BCUT2D eigenvalue weighted by atomic mass is 15.3. The monoisotopic (exact) mass is 245 g/mol. The number of nitrogens with one attached hydrogen (secondary N) is 1. The molecular formula is C13H19N5. The minimum absolute atomic E-state index is 0.422. The number of aromatic nitrogens is 4. The van der Waals surface area contributed by atoms with Crippen molar-refractivity contribution in [2.24, 2.45) is 0 Å². The molecule has 18 heavy (non-hydrogen) atoms. The molecule has 0 fully saturated rings. The molecule has 0 bridgehead atoms. The van der Waals surface area contributed by atoms with Crippen LogP contribution in [-0.2, 0) is 0 Å². The second-order valence-electron chi connectivity index (χ2n) is 4.51. The van der Waals surface area contributed by atoms with E-state index in [1.807, 2.05) is 18.3 Å². The Morgan fingerprint density at radius 3 is 2.83 bits per heavy atom. The maximum absolute atomic E-state index is 4.50. The van der Waals surface area contributed by atoms with Crippen LogP contribution < -0.4 is 5.32 Å². The predicted octanol–water partition coefficient (Wildman–Crippen LogP) is 2.61. The van der Waals surface area contributed by atoms with Gasteiger partial charge in [0.2, 0.25) is 5.95 Å². The van der Waals surface area contributed by atoms with E-state index in [2.05, 4.69) is 41.2 Å². The second kappa shape index (κ2) is 5.62. The number of rotatable bonds is 5. The Hall–Kier alpha value is -1.91. The van der Waals surface area contributed by atoms with E-state index < -0.39 is 0 Å². The first kappa shape index (κ1) is 12.5. The fourth-order valence-electron chi connectivity index (χ4n) is 1.57. The Bertz CT molecular complexity index is 504. The van der Waals surface area contributed by atoms with Gasteiger partial charge in [-0.1, -0.05) is 20.8 Å². The highest BCUT2D eigenvalue weighted by molar-refractivity contribution is 5.31. The molecule has 0 amide bonds. The molecule has 96 valence electrons. The third kappa shape index (κ3) is 2.85. The van der Waals surface area contributed by atoms with Crippen molar-refractivity contribution in [2.75, 3.05) is 11.9 Å². The summed E-state index contributed by atoms with van der Waals surface area (Å²) in [4.78, 5) is 8.61. The molecule has 0 aromatic carbocycles. The molecule has 0 spiro atoms. The third-order valence-electron chi connectivity index (χ3n) is 2.61. The molecule has 0 saturated heterocycles. The minimum atomic E-state index is 0.422. The average Bonchev–Trinajstić information content (AvgIpc) is 2.86. The molecule has 2 aromatic rings. The first-order valence-corrected chi connectivity index (χ1v) is 6.33. The van der Waals surface area contributed by atoms with Crippen LogP contribution in [0.2, 0.25) is 0 Å². The molecule has 5 heteroatoms. The Kier molecular flexibility index (Phi) is 3.92. The zero-order valence-electron chi connectivity index (χ0n) is 11.1. The standard InChI is InChI=1S/C13H19N5/c1-4-7-14-13-15-8-5-12(16-13)18-9-6-11(17-18)10(2)3/h5-6,8-10H,4,7H2,1-3H3,(H,14,15,16). The second-order valence-corrected chi connectivity index (χ2v) is 4.51. The van der Waals surface area contributed by atoms with Gasteiger partial charge in [-0.2, -0.15) is 10.1 Å². The van der Waals surface area contributed by atoms with E-state index in [0.717, 1.165) is 24.5 Å². The van der Waals surface area contributed by atoms with Crippen molar-refractivity contribution in [3.63, 3.8) is 0 Å². The van der Waals surface area contributed by atoms with Crippen LogP contribution in [-0.4, -0.2) is 26.3 Å². The van der Waals surface area contributed by atoms with E-state index in [1.165, 1.54) is 0 Å². The summed E-state index contributed by atoms with van der Waals surface area (Å²) in [7, 11) is 0. The van der Waals surface area contributed by atoms with Gasteiger partial charge < -0.3 is 5.32 Å². The molecule has 0 aliphatic carbocycles. The molecule has 2 rings (SSSR count). The van der Waals surface area contributed by atoms with Gasteiger partial charge in [0, 0.05) is 25.0 Å². The van der Waals surface area contributed by atoms with Crippen molar-refractivity contribution in [3.8, 4) is 5.82 Å². The van der Waals surface area contributed by atoms with Crippen LogP contribution in [0.15, 0.2) is 24.5 Å². The molecule has 0 aliphatic rings. The zero-order valence-corrected chi connectivity index (χ0v) is 11.1. The molecule has 0 radical (unpaired) electrons. The maximum Gasteiger partial charge on any atom is 0.224 e. The van der Waals surface area contributed by atoms with E-state index in [4.69, 9.17) is 0 Å². The average molecular weight is 245 g/mol. The molecule has 2 aromatic heterocycles. The van der Waals surface area contributed by atoms with Crippen LogP contribution in [0.1, 0.15) is 38.8 Å². The Morgan fingerprint density at radius 2 is 2.17 bits per heavy atom. The first-order chi connectivity index (χ1) is 8.70. The summed E-state index contributed by atoms with van der Waals surface area (Å²) in [5.41, 5.74) is 1.07. The molecular weight excluding hydrogens is 226 g/mol. The van der Waals surface area contributed by atoms with Crippen molar-refractivity contribution in [2.45, 2.75) is 33.1 Å². The van der Waals surface area contributed by atoms with Crippen LogP contribution in [0.4, 0.5) is 5.95 Å². The summed E-state index contributed by atoms with van der Waals surface area (Å²) in [6, 6.07) is 3.88. The van der Waals surface area contributed by atoms with E-state index in [-0.39, 0.29) is 0 Å². The zero-order chi connectivity index (χ0) is 13.0. The van der Waals surface area contributed by atoms with Crippen LogP contribution in [0.5, 0.6) is 0 Å². The first-order valence-electron chi connectivity index (χ1n) is 6.33. The fourth-order valence-corrected chi connectivity index (χ4v) is 1.57. The van der Waals surface area contributed by atoms with Gasteiger partial charge in [0.1, 0.15) is 0 Å². The highest BCUT2D eigenvalue weighted by Gasteiger charge is 2.06. The van der Waals surface area contributed by atoms with E-state index in [9.17, 15) is 0 Å². The quantitative estimate of drug-likeness (QED) is 0.879. The smallest absolute Gasteiger partial charge is 0.224 e. The van der Waals surface area contributed by atoms with Crippen LogP contribution in [0, 0.1) is 0 Å². The van der Waals surface area contributed by atoms with Gasteiger partial charge in [-0.05, 0) is 18.4 Å². The molecule has 0 unspecified atom stereocenters. The van der Waals surface area contributed by atoms with E-state index in [0.29, 0.717) is 11.9 Å². The van der Waals surface area contributed by atoms with Crippen molar-refractivity contribution in [1.29, 1.82) is 0 Å². The van der Waals surface area contributed by atoms with Gasteiger partial charge >= 0.3 is 0 Å². The highest BCUT2D eigenvalue weighted by Crippen LogP contribution is 2.13. The molecule has 2 heterocycles. The fraction of sp³-hybridized carbons (Fsp3) is 0.462. The third-order valence-corrected chi connectivity index (χ3v) is 2.61. The van der Waals surface area contributed by atoms with Crippen molar-refractivity contribution in [1.82, 2.24) is 19.7 Å². The molecule has 0 aliphatic heterocycles. The lowest BCUT2D eigenvalue weighted by Gasteiger charge is -2.05. The largest absolute Gasteiger partial charge is 0.354 e. The number of hydrogen-bond acceptors (Lipinski definition) is 4. The number of hydrogen-bond donors (Lipinski definition) is 1. The maximum atomic E-state index is 4.50. The van der Waals surface area contributed by atoms with Crippen LogP contribution in [0.3, 0.4) is 0 Å². The molecule has 1 N–H and O–H groups in total. The summed E-state index contributed by atoms with van der Waals surface area (Å²) >= 11 is 0. The SMILES string of the molecule is CCCNc1nccc(-n2ccc(C(C)C)n2)n1. The Morgan fingerprint density at radius 1 is 1.33 bits per heavy atom. The molecule has 5 nitrogen and oxygen atoms in total. The van der Waals surface area contributed by atoms with Gasteiger partial charge in [-0.15, -0.1) is 0 Å². The lowest BCUT2D eigenvalue weighted by Crippen LogP contribution is -2.07. The van der Waals surface area contributed by atoms with Crippen LogP contribution >= 0.6 is 0 Å². The topological polar surface area (TPSA) is 55.6 Å². The van der Waals surface area contributed by atoms with Gasteiger partial charge in [0.25, 0.3) is 0 Å². The summed E-state index contributed by atoms with van der Waals surface area (Å²) in [5.74, 6) is 1.86. The molecule has 0 saturated carbocycles. The lowest BCUT2D eigenvalue weighted by atomic mass is 10.1. The Balaban J connectivity index is 2.21. The van der Waals surface area contributed by atoms with Gasteiger partial charge in [-0.25, -0.2) is 9.67 Å². The minimum Gasteiger partial charge on any atom is -0.354 e. The summed E-state index contributed by atoms with van der Waals surface area (Å²) in [6.45, 7) is 7.24. The summed E-state index contributed by atoms with van der Waals surface area (Å²) in [5, 5.41) is 7.67. The molecule has 0 atom stereocenters. The summed E-state index contributed by atoms with van der Waals surface area (Å²) in [6.07, 6.45) is 4.73.